The molecule has 55 heavy (non-hydrogen) atoms. The fourth-order valence-electron chi connectivity index (χ4n) is 9.12. The lowest BCUT2D eigenvalue weighted by Gasteiger charge is -2.45. The van der Waals surface area contributed by atoms with Crippen LogP contribution in [-0.4, -0.2) is 113 Å². The minimum absolute atomic E-state index is 0.000723. The number of amides is 1. The Kier molecular flexibility index (Phi) is 16.4. The molecule has 2 unspecified atom stereocenters. The second-order valence-corrected chi connectivity index (χ2v) is 16.9. The average molecular weight is 774 g/mol. The highest BCUT2D eigenvalue weighted by molar-refractivity contribution is 6.39. The fourth-order valence-corrected chi connectivity index (χ4v) is 9.12. The zero-order valence-corrected chi connectivity index (χ0v) is 34.1. The van der Waals surface area contributed by atoms with Gasteiger partial charge in [0.05, 0.1) is 30.5 Å². The van der Waals surface area contributed by atoms with E-state index >= 15 is 0 Å². The zero-order chi connectivity index (χ0) is 40.6. The number of piperidine rings is 1. The summed E-state index contributed by atoms with van der Waals surface area (Å²) in [6, 6.07) is -1.11. The van der Waals surface area contributed by atoms with E-state index in [4.69, 9.17) is 18.9 Å². The van der Waals surface area contributed by atoms with Crippen molar-refractivity contribution in [1.82, 2.24) is 4.90 Å². The Morgan fingerprint density at radius 3 is 2.35 bits per heavy atom. The van der Waals surface area contributed by atoms with Crippen molar-refractivity contribution in [2.75, 3.05) is 20.8 Å². The SMILES string of the molecule is C=CC[C@@H]1/C=C(\C)C[C@H](C)CC[C@H]2OC(O)(C(=O)C(=O)N3CCCC[C@H]3C(=O)O[C@H](/C(C)=C/[C@@H]3CC[C@@H](O)[C@H](OC)C3)[C@H](C)[C@@H](O)CC1=O)C(C)C[C@@H]2OC. The number of nitrogens with zero attached hydrogens (tertiary/aromatic N) is 1. The lowest BCUT2D eigenvalue weighted by Crippen LogP contribution is -2.62. The molecule has 1 aliphatic carbocycles. The fraction of sp³-hybridized carbons (Fsp3) is 0.767. The van der Waals surface area contributed by atoms with Gasteiger partial charge < -0.3 is 39.2 Å². The second kappa shape index (κ2) is 20.1. The van der Waals surface area contributed by atoms with Crippen LogP contribution in [0.2, 0.25) is 0 Å². The van der Waals surface area contributed by atoms with Crippen molar-refractivity contribution in [3.8, 4) is 0 Å². The van der Waals surface area contributed by atoms with Gasteiger partial charge in [-0.25, -0.2) is 4.79 Å². The minimum atomic E-state index is -2.41. The van der Waals surface area contributed by atoms with Crippen LogP contribution in [0.15, 0.2) is 36.0 Å². The van der Waals surface area contributed by atoms with Gasteiger partial charge in [-0.2, -0.15) is 0 Å². The minimum Gasteiger partial charge on any atom is -0.456 e. The van der Waals surface area contributed by atoms with Gasteiger partial charge >= 0.3 is 5.97 Å². The molecule has 3 aliphatic heterocycles. The first kappa shape index (κ1) is 45.0. The molecule has 4 rings (SSSR count). The Morgan fingerprint density at radius 1 is 0.964 bits per heavy atom. The van der Waals surface area contributed by atoms with Gasteiger partial charge in [0.1, 0.15) is 17.9 Å². The van der Waals surface area contributed by atoms with Crippen LogP contribution in [-0.2, 0) is 38.1 Å². The van der Waals surface area contributed by atoms with Gasteiger partial charge in [0.2, 0.25) is 5.79 Å². The molecule has 2 saturated heterocycles. The predicted molar refractivity (Wildman–Crippen MR) is 206 cm³/mol. The first-order valence-electron chi connectivity index (χ1n) is 20.4. The highest BCUT2D eigenvalue weighted by Crippen LogP contribution is 2.38. The number of aliphatic hydroxyl groups is 3. The van der Waals surface area contributed by atoms with E-state index in [-0.39, 0.29) is 43.1 Å². The van der Waals surface area contributed by atoms with E-state index in [1.165, 1.54) is 4.90 Å². The van der Waals surface area contributed by atoms with Gasteiger partial charge in [0.25, 0.3) is 11.7 Å². The molecule has 0 aromatic heterocycles. The highest BCUT2D eigenvalue weighted by Gasteiger charge is 2.55. The number of hydrogen-bond acceptors (Lipinski definition) is 11. The molecule has 0 aromatic carbocycles. The van der Waals surface area contributed by atoms with Crippen LogP contribution in [0.1, 0.15) is 112 Å². The molecule has 1 amide bonds. The molecule has 4 aliphatic rings. The monoisotopic (exact) mass is 773 g/mol. The maximum absolute atomic E-state index is 14.2. The van der Waals surface area contributed by atoms with Crippen LogP contribution < -0.4 is 0 Å². The van der Waals surface area contributed by atoms with Crippen molar-refractivity contribution in [2.24, 2.45) is 29.6 Å². The number of Topliss-reactive ketones (excluding diaryl/α,β-unsaturated/α-hetero) is 2. The summed E-state index contributed by atoms with van der Waals surface area (Å²) >= 11 is 0. The number of ketones is 2. The van der Waals surface area contributed by atoms with Gasteiger partial charge in [-0.3, -0.25) is 14.4 Å². The number of esters is 1. The zero-order valence-electron chi connectivity index (χ0n) is 34.1. The molecule has 2 bridgehead atoms. The molecule has 310 valence electrons. The number of methoxy groups -OCH3 is 2. The van der Waals surface area contributed by atoms with Crippen LogP contribution in [0.5, 0.6) is 0 Å². The van der Waals surface area contributed by atoms with Gasteiger partial charge in [0.15, 0.2) is 0 Å². The summed E-state index contributed by atoms with van der Waals surface area (Å²) in [6.07, 6.45) is 7.02. The van der Waals surface area contributed by atoms with Crippen molar-refractivity contribution < 1.29 is 53.4 Å². The van der Waals surface area contributed by atoms with E-state index in [9.17, 15) is 34.5 Å². The number of fused-ring (bicyclic) bond motifs is 3. The molecule has 13 atom stereocenters. The van der Waals surface area contributed by atoms with Gasteiger partial charge in [-0.15, -0.1) is 6.58 Å². The van der Waals surface area contributed by atoms with Crippen LogP contribution in [0, 0.1) is 29.6 Å². The molecule has 1 saturated carbocycles. The molecule has 3 N–H and O–H groups in total. The Hall–Kier alpha value is -2.74. The average Bonchev–Trinajstić information content (AvgIpc) is 3.16. The van der Waals surface area contributed by atoms with E-state index in [2.05, 4.69) is 13.5 Å². The van der Waals surface area contributed by atoms with E-state index < -0.39 is 77.8 Å². The summed E-state index contributed by atoms with van der Waals surface area (Å²) in [7, 11) is 3.13. The Labute approximate surface area is 327 Å². The molecular formula is C43H67NO11. The number of cyclic esters (lactones) is 1. The number of rotatable bonds is 6. The van der Waals surface area contributed by atoms with Gasteiger partial charge in [-0.05, 0) is 102 Å². The number of ether oxygens (including phenoxy) is 4. The maximum Gasteiger partial charge on any atom is 0.329 e. The first-order valence-corrected chi connectivity index (χ1v) is 20.4. The third-order valence-electron chi connectivity index (χ3n) is 12.6. The van der Waals surface area contributed by atoms with Crippen molar-refractivity contribution >= 4 is 23.4 Å². The summed E-state index contributed by atoms with van der Waals surface area (Å²) < 4.78 is 23.7. The summed E-state index contributed by atoms with van der Waals surface area (Å²) in [4.78, 5) is 57.4. The summed E-state index contributed by atoms with van der Waals surface area (Å²) in [6.45, 7) is 13.3. The maximum atomic E-state index is 14.2. The van der Waals surface area contributed by atoms with Crippen LogP contribution >= 0.6 is 0 Å². The summed E-state index contributed by atoms with van der Waals surface area (Å²) in [5, 5.41) is 33.9. The lowest BCUT2D eigenvalue weighted by atomic mass is 9.81. The molecule has 12 heteroatoms. The largest absolute Gasteiger partial charge is 0.456 e. The van der Waals surface area contributed by atoms with E-state index in [0.29, 0.717) is 69.8 Å². The third-order valence-corrected chi connectivity index (χ3v) is 12.6. The van der Waals surface area contributed by atoms with Crippen molar-refractivity contribution in [1.29, 1.82) is 0 Å². The van der Waals surface area contributed by atoms with Crippen LogP contribution in [0.25, 0.3) is 0 Å². The number of carbonyl (C=O) groups excluding carboxylic acids is 4. The topological polar surface area (TPSA) is 169 Å². The lowest BCUT2D eigenvalue weighted by molar-refractivity contribution is -0.287. The van der Waals surface area contributed by atoms with Crippen molar-refractivity contribution in [3.05, 3.63) is 36.0 Å². The van der Waals surface area contributed by atoms with Crippen LogP contribution in [0.4, 0.5) is 0 Å². The smallest absolute Gasteiger partial charge is 0.329 e. The van der Waals surface area contributed by atoms with E-state index in [0.717, 1.165) is 5.57 Å². The molecule has 12 nitrogen and oxygen atoms in total. The molecule has 0 aromatic rings. The number of carbonyl (C=O) groups is 4. The number of aliphatic hydroxyl groups excluding tert-OH is 2. The van der Waals surface area contributed by atoms with Crippen molar-refractivity contribution in [3.63, 3.8) is 0 Å². The highest BCUT2D eigenvalue weighted by atomic mass is 16.7. The normalized spacial score (nSPS) is 40.7. The third kappa shape index (κ3) is 11.0. The molecular weight excluding hydrogens is 706 g/mol. The summed E-state index contributed by atoms with van der Waals surface area (Å²) in [5.74, 6) is -7.25. The Bertz CT molecular complexity index is 1430. The molecule has 0 spiro atoms. The van der Waals surface area contributed by atoms with Gasteiger partial charge in [0, 0.05) is 44.9 Å². The molecule has 0 radical (unpaired) electrons. The summed E-state index contributed by atoms with van der Waals surface area (Å²) in [5.41, 5.74) is 1.67. The quantitative estimate of drug-likeness (QED) is 0.188. The Morgan fingerprint density at radius 2 is 1.67 bits per heavy atom. The standard InChI is InChI=1S/C43H67NO11/c1-9-12-31-20-26(3)19-25(2)14-17-36-38(53-8)22-28(5)43(51,55-36)40(48)41(49)44-18-11-10-13-32(44)42(50)54-39(29(6)34(46)24-35(31)47)27(4)21-30-15-16-33(45)37(23-30)52-7/h9,20-21,25,28-34,36-39,45-46,51H,1,10-19,22-24H2,2-8H3/b26-20+,27-21+/t25-,28?,29-,30+,31-,32+,33-,34+,36-,37-,38+,39-,43?/m1/s1. The predicted octanol–water partition coefficient (Wildman–Crippen LogP) is 5.01. The van der Waals surface area contributed by atoms with Gasteiger partial charge in [-0.1, -0.05) is 44.6 Å². The first-order chi connectivity index (χ1) is 26.0. The van der Waals surface area contributed by atoms with E-state index in [1.54, 1.807) is 34.1 Å². The molecule has 3 heterocycles. The number of hydrogen-bond donors (Lipinski definition) is 3. The second-order valence-electron chi connectivity index (χ2n) is 16.9. The van der Waals surface area contributed by atoms with E-state index in [1.807, 2.05) is 26.0 Å². The Balaban J connectivity index is 1.74. The number of allylic oxidation sites excluding steroid dienone is 4. The van der Waals surface area contributed by atoms with Crippen LogP contribution in [0.3, 0.4) is 0 Å². The molecule has 3 fully saturated rings. The van der Waals surface area contributed by atoms with Crippen molar-refractivity contribution in [2.45, 2.75) is 160 Å².